The maximum Gasteiger partial charge on any atom is 0.224 e. The van der Waals surface area contributed by atoms with Gasteiger partial charge in [-0.2, -0.15) is 0 Å². The van der Waals surface area contributed by atoms with Crippen LogP contribution in [0.15, 0.2) is 24.3 Å². The lowest BCUT2D eigenvalue weighted by atomic mass is 9.91. The summed E-state index contributed by atoms with van der Waals surface area (Å²) in [4.78, 5) is 28.2. The molecule has 1 atom stereocenters. The van der Waals surface area contributed by atoms with E-state index in [4.69, 9.17) is 0 Å². The molecule has 0 N–H and O–H groups in total. The summed E-state index contributed by atoms with van der Waals surface area (Å²) in [5.41, 5.74) is 0.763. The van der Waals surface area contributed by atoms with Crippen LogP contribution in [-0.2, 0) is 16.0 Å². The number of hydrogen-bond acceptors (Lipinski definition) is 2. The van der Waals surface area contributed by atoms with Gasteiger partial charge in [-0.25, -0.2) is 4.39 Å². The first-order valence-electron chi connectivity index (χ1n) is 9.92. The molecule has 0 aromatic heterocycles. The molecule has 3 rings (SSSR count). The van der Waals surface area contributed by atoms with Gasteiger partial charge in [-0.1, -0.05) is 18.2 Å². The van der Waals surface area contributed by atoms with E-state index >= 15 is 0 Å². The second kappa shape index (κ2) is 9.15. The van der Waals surface area contributed by atoms with Crippen LogP contribution in [0.5, 0.6) is 0 Å². The third-order valence-electron chi connectivity index (χ3n) is 5.67. The largest absolute Gasteiger partial charge is 0.342 e. The minimum Gasteiger partial charge on any atom is -0.342 e. The Hall–Kier alpha value is -1.91. The predicted octanol–water partition coefficient (Wildman–Crippen LogP) is 3.40. The van der Waals surface area contributed by atoms with E-state index < -0.39 is 0 Å². The Morgan fingerprint density at radius 2 is 2.00 bits per heavy atom. The molecule has 0 spiro atoms. The third kappa shape index (κ3) is 5.05. The Kier molecular flexibility index (Phi) is 6.64. The van der Waals surface area contributed by atoms with Crippen molar-refractivity contribution in [1.29, 1.82) is 0 Å². The van der Waals surface area contributed by atoms with Crippen LogP contribution in [0, 0.1) is 11.7 Å². The molecule has 1 aromatic rings. The molecule has 0 aliphatic carbocycles. The Balaban J connectivity index is 1.44. The highest BCUT2D eigenvalue weighted by molar-refractivity contribution is 5.79. The van der Waals surface area contributed by atoms with Crippen LogP contribution in [0.1, 0.15) is 50.5 Å². The molecule has 2 heterocycles. The molecule has 0 radical (unpaired) electrons. The van der Waals surface area contributed by atoms with Crippen molar-refractivity contribution in [2.75, 3.05) is 26.2 Å². The van der Waals surface area contributed by atoms with Crippen LogP contribution in [0.25, 0.3) is 0 Å². The number of piperidine rings is 2. The quantitative estimate of drug-likeness (QED) is 0.780. The second-order valence-corrected chi connectivity index (χ2v) is 7.57. The molecule has 26 heavy (non-hydrogen) atoms. The SMILES string of the molecule is O=C1CCCCN1CCC(=O)N1CCC[C@H](CCc2ccccc2F)C1. The van der Waals surface area contributed by atoms with Crippen molar-refractivity contribution in [1.82, 2.24) is 9.80 Å². The Labute approximate surface area is 155 Å². The standard InChI is InChI=1S/C21H29FN2O2/c22-19-8-2-1-7-18(19)11-10-17-6-5-14-24(16-17)21(26)12-15-23-13-4-3-9-20(23)25/h1-2,7-8,17H,3-6,9-16H2/t17-/m1/s1. The second-order valence-electron chi connectivity index (χ2n) is 7.57. The zero-order valence-electron chi connectivity index (χ0n) is 15.5. The number of likely N-dealkylation sites (tertiary alicyclic amines) is 2. The van der Waals surface area contributed by atoms with E-state index in [1.165, 1.54) is 6.07 Å². The summed E-state index contributed by atoms with van der Waals surface area (Å²) < 4.78 is 13.8. The van der Waals surface area contributed by atoms with Crippen molar-refractivity contribution >= 4 is 11.8 Å². The van der Waals surface area contributed by atoms with Crippen molar-refractivity contribution in [3.8, 4) is 0 Å². The molecule has 2 aliphatic rings. The first-order valence-corrected chi connectivity index (χ1v) is 9.92. The number of rotatable bonds is 6. The van der Waals surface area contributed by atoms with E-state index in [-0.39, 0.29) is 17.6 Å². The van der Waals surface area contributed by atoms with Gasteiger partial charge in [0.25, 0.3) is 0 Å². The summed E-state index contributed by atoms with van der Waals surface area (Å²) in [6.45, 7) is 2.91. The fourth-order valence-electron chi connectivity index (χ4n) is 4.07. The summed E-state index contributed by atoms with van der Waals surface area (Å²) in [7, 11) is 0. The minimum atomic E-state index is -0.137. The number of carbonyl (C=O) groups is 2. The highest BCUT2D eigenvalue weighted by Gasteiger charge is 2.25. The van der Waals surface area contributed by atoms with Crippen LogP contribution in [0.3, 0.4) is 0 Å². The van der Waals surface area contributed by atoms with E-state index in [9.17, 15) is 14.0 Å². The predicted molar refractivity (Wildman–Crippen MR) is 99.1 cm³/mol. The van der Waals surface area contributed by atoms with E-state index in [0.717, 1.165) is 63.7 Å². The number of amides is 2. The van der Waals surface area contributed by atoms with Crippen molar-refractivity contribution < 1.29 is 14.0 Å². The van der Waals surface area contributed by atoms with E-state index in [2.05, 4.69) is 0 Å². The average molecular weight is 360 g/mol. The van der Waals surface area contributed by atoms with Crippen molar-refractivity contribution in [3.05, 3.63) is 35.6 Å². The van der Waals surface area contributed by atoms with Gasteiger partial charge in [0.05, 0.1) is 0 Å². The maximum absolute atomic E-state index is 13.8. The monoisotopic (exact) mass is 360 g/mol. The van der Waals surface area contributed by atoms with Gasteiger partial charge < -0.3 is 9.80 Å². The molecular weight excluding hydrogens is 331 g/mol. The van der Waals surface area contributed by atoms with Crippen LogP contribution in [0.2, 0.25) is 0 Å². The van der Waals surface area contributed by atoms with Crippen LogP contribution in [-0.4, -0.2) is 47.8 Å². The van der Waals surface area contributed by atoms with Gasteiger partial charge in [-0.05, 0) is 56.1 Å². The molecule has 2 aliphatic heterocycles. The Morgan fingerprint density at radius 3 is 2.81 bits per heavy atom. The van der Waals surface area contributed by atoms with Crippen molar-refractivity contribution in [2.24, 2.45) is 5.92 Å². The zero-order valence-corrected chi connectivity index (χ0v) is 15.5. The van der Waals surface area contributed by atoms with Gasteiger partial charge >= 0.3 is 0 Å². The lowest BCUT2D eigenvalue weighted by molar-refractivity contribution is -0.136. The average Bonchev–Trinajstić information content (AvgIpc) is 2.67. The molecule has 2 saturated heterocycles. The van der Waals surface area contributed by atoms with Gasteiger partial charge in [-0.15, -0.1) is 0 Å². The van der Waals surface area contributed by atoms with Gasteiger partial charge in [0, 0.05) is 39.0 Å². The number of hydrogen-bond donors (Lipinski definition) is 0. The van der Waals surface area contributed by atoms with E-state index in [1.54, 1.807) is 6.07 Å². The highest BCUT2D eigenvalue weighted by Crippen LogP contribution is 2.23. The van der Waals surface area contributed by atoms with Gasteiger partial charge in [-0.3, -0.25) is 9.59 Å². The summed E-state index contributed by atoms with van der Waals surface area (Å²) in [6.07, 6.45) is 6.80. The lowest BCUT2D eigenvalue weighted by Crippen LogP contribution is -2.43. The summed E-state index contributed by atoms with van der Waals surface area (Å²) in [5.74, 6) is 0.635. The number of carbonyl (C=O) groups excluding carboxylic acids is 2. The minimum absolute atomic E-state index is 0.137. The molecule has 0 bridgehead atoms. The Morgan fingerprint density at radius 1 is 1.15 bits per heavy atom. The third-order valence-corrected chi connectivity index (χ3v) is 5.67. The molecule has 2 amide bonds. The van der Waals surface area contributed by atoms with Gasteiger partial charge in [0.2, 0.25) is 11.8 Å². The summed E-state index contributed by atoms with van der Waals surface area (Å²) in [6, 6.07) is 6.94. The fraction of sp³-hybridized carbons (Fsp3) is 0.619. The summed E-state index contributed by atoms with van der Waals surface area (Å²) >= 11 is 0. The number of aryl methyl sites for hydroxylation is 1. The highest BCUT2D eigenvalue weighted by atomic mass is 19.1. The molecule has 5 heteroatoms. The zero-order chi connectivity index (χ0) is 18.4. The first-order chi connectivity index (χ1) is 12.6. The van der Waals surface area contributed by atoms with Crippen LogP contribution < -0.4 is 0 Å². The smallest absolute Gasteiger partial charge is 0.224 e. The molecule has 0 unspecified atom stereocenters. The lowest BCUT2D eigenvalue weighted by Gasteiger charge is -2.34. The number of nitrogens with zero attached hydrogens (tertiary/aromatic N) is 2. The van der Waals surface area contributed by atoms with E-state index in [0.29, 0.717) is 25.3 Å². The number of halogens is 1. The fourth-order valence-corrected chi connectivity index (χ4v) is 4.07. The molecular formula is C21H29FN2O2. The van der Waals surface area contributed by atoms with Crippen molar-refractivity contribution in [3.63, 3.8) is 0 Å². The number of benzene rings is 1. The molecule has 142 valence electrons. The van der Waals surface area contributed by atoms with Crippen LogP contribution >= 0.6 is 0 Å². The maximum atomic E-state index is 13.8. The van der Waals surface area contributed by atoms with Gasteiger partial charge in [0.15, 0.2) is 0 Å². The molecule has 0 saturated carbocycles. The molecule has 4 nitrogen and oxygen atoms in total. The van der Waals surface area contributed by atoms with Gasteiger partial charge in [0.1, 0.15) is 5.82 Å². The topological polar surface area (TPSA) is 40.6 Å². The van der Waals surface area contributed by atoms with Crippen LogP contribution in [0.4, 0.5) is 4.39 Å². The molecule has 1 aromatic carbocycles. The van der Waals surface area contributed by atoms with Crippen molar-refractivity contribution in [2.45, 2.75) is 51.4 Å². The first kappa shape index (κ1) is 18.9. The normalized spacial score (nSPS) is 21.1. The molecule has 2 fully saturated rings. The summed E-state index contributed by atoms with van der Waals surface area (Å²) in [5, 5.41) is 0. The Bertz CT molecular complexity index is 634. The van der Waals surface area contributed by atoms with E-state index in [1.807, 2.05) is 21.9 Å².